The Morgan fingerprint density at radius 1 is 1.33 bits per heavy atom. The number of hydrogen-bond acceptors (Lipinski definition) is 2. The van der Waals surface area contributed by atoms with Gasteiger partial charge in [-0.2, -0.15) is 0 Å². The second kappa shape index (κ2) is 7.92. The zero-order chi connectivity index (χ0) is 6.95. The maximum absolute atomic E-state index is 5.01. The van der Waals surface area contributed by atoms with Crippen LogP contribution in [-0.4, -0.2) is 26.3 Å². The van der Waals surface area contributed by atoms with E-state index in [-0.39, 0.29) is 1.43 Å². The molecule has 0 aromatic rings. The lowest BCUT2D eigenvalue weighted by Gasteiger charge is -2.10. The highest BCUT2D eigenvalue weighted by atomic mass is 16.5. The van der Waals surface area contributed by atoms with E-state index in [9.17, 15) is 0 Å². The van der Waals surface area contributed by atoms with Gasteiger partial charge >= 0.3 is 0 Å². The summed E-state index contributed by atoms with van der Waals surface area (Å²) in [5.41, 5.74) is 0. The molecule has 1 fully saturated rings. The second-order valence-corrected chi connectivity index (χ2v) is 2.07. The second-order valence-electron chi connectivity index (χ2n) is 2.07. The maximum atomic E-state index is 5.01. The monoisotopic (exact) mass is 133 g/mol. The van der Waals surface area contributed by atoms with Gasteiger partial charge in [-0.1, -0.05) is 20.3 Å². The number of morpholine rings is 1. The standard InChI is InChI=1S/C4H9NO.C3H8.H2/c1-3-6-4-2-5-1;1-3-2;/h5H,1-4H2;3H2,1-2H3;1H. The van der Waals surface area contributed by atoms with Crippen LogP contribution < -0.4 is 5.32 Å². The fraction of sp³-hybridized carbons (Fsp3) is 1.00. The Bertz CT molecular complexity index is 37.4. The molecular formula is C7H19NO. The van der Waals surface area contributed by atoms with E-state index in [0.717, 1.165) is 26.3 Å². The van der Waals surface area contributed by atoms with Gasteiger partial charge in [0.2, 0.25) is 0 Å². The van der Waals surface area contributed by atoms with Crippen LogP contribution in [0.1, 0.15) is 21.7 Å². The first kappa shape index (κ1) is 8.92. The summed E-state index contributed by atoms with van der Waals surface area (Å²) in [5.74, 6) is 0. The molecule has 0 aromatic carbocycles. The molecule has 0 bridgehead atoms. The highest BCUT2D eigenvalue weighted by Crippen LogP contribution is 1.76. The van der Waals surface area contributed by atoms with Gasteiger partial charge in [0, 0.05) is 14.5 Å². The molecule has 0 atom stereocenters. The number of hydrogen-bond donors (Lipinski definition) is 1. The van der Waals surface area contributed by atoms with Crippen LogP contribution >= 0.6 is 0 Å². The first-order valence-electron chi connectivity index (χ1n) is 3.70. The topological polar surface area (TPSA) is 21.3 Å². The van der Waals surface area contributed by atoms with E-state index in [2.05, 4.69) is 19.2 Å². The van der Waals surface area contributed by atoms with Crippen LogP contribution in [0.15, 0.2) is 0 Å². The summed E-state index contributed by atoms with van der Waals surface area (Å²) in [6.07, 6.45) is 1.25. The predicted octanol–water partition coefficient (Wildman–Crippen LogP) is 1.27. The third-order valence-corrected chi connectivity index (χ3v) is 0.846. The summed E-state index contributed by atoms with van der Waals surface area (Å²) in [5, 5.41) is 3.16. The average Bonchev–Trinajstić information content (AvgIpc) is 1.93. The van der Waals surface area contributed by atoms with Gasteiger partial charge in [-0.25, -0.2) is 0 Å². The van der Waals surface area contributed by atoms with Crippen molar-refractivity contribution in [2.75, 3.05) is 26.3 Å². The first-order valence-corrected chi connectivity index (χ1v) is 3.70. The van der Waals surface area contributed by atoms with Crippen molar-refractivity contribution >= 4 is 0 Å². The molecule has 0 unspecified atom stereocenters. The molecule has 9 heavy (non-hydrogen) atoms. The van der Waals surface area contributed by atoms with Gasteiger partial charge in [0.1, 0.15) is 0 Å². The summed E-state index contributed by atoms with van der Waals surface area (Å²) in [7, 11) is 0. The Morgan fingerprint density at radius 2 is 1.78 bits per heavy atom. The van der Waals surface area contributed by atoms with Crippen LogP contribution in [0.2, 0.25) is 0 Å². The third kappa shape index (κ3) is 7.92. The summed E-state index contributed by atoms with van der Waals surface area (Å²) in [6, 6.07) is 0. The van der Waals surface area contributed by atoms with Crippen molar-refractivity contribution in [3.05, 3.63) is 0 Å². The van der Waals surface area contributed by atoms with Crippen molar-refractivity contribution in [2.24, 2.45) is 0 Å². The lowest BCUT2D eigenvalue weighted by atomic mass is 10.5. The number of nitrogens with one attached hydrogen (secondary N) is 1. The normalized spacial score (nSPS) is 18.0. The van der Waals surface area contributed by atoms with Gasteiger partial charge in [0.25, 0.3) is 0 Å². The van der Waals surface area contributed by atoms with Crippen LogP contribution in [-0.2, 0) is 4.74 Å². The molecule has 1 heterocycles. The highest BCUT2D eigenvalue weighted by molar-refractivity contribution is 4.49. The van der Waals surface area contributed by atoms with E-state index in [0.29, 0.717) is 0 Å². The fourth-order valence-corrected chi connectivity index (χ4v) is 0.516. The molecule has 1 aliphatic heterocycles. The molecule has 1 rings (SSSR count). The minimum Gasteiger partial charge on any atom is -0.379 e. The first-order chi connectivity index (χ1) is 4.41. The minimum atomic E-state index is 0. The Hall–Kier alpha value is -0.0800. The van der Waals surface area contributed by atoms with E-state index in [1.54, 1.807) is 0 Å². The lowest BCUT2D eigenvalue weighted by molar-refractivity contribution is 0.109. The average molecular weight is 133 g/mol. The molecule has 1 N–H and O–H groups in total. The Labute approximate surface area is 59.1 Å². The zero-order valence-electron chi connectivity index (χ0n) is 6.44. The van der Waals surface area contributed by atoms with Crippen molar-refractivity contribution in [2.45, 2.75) is 20.3 Å². The van der Waals surface area contributed by atoms with Crippen LogP contribution in [0, 0.1) is 0 Å². The number of ether oxygens (including phenoxy) is 1. The van der Waals surface area contributed by atoms with Gasteiger partial charge < -0.3 is 10.1 Å². The molecule has 0 radical (unpaired) electrons. The Balaban J connectivity index is 0. The van der Waals surface area contributed by atoms with Crippen molar-refractivity contribution in [3.63, 3.8) is 0 Å². The quantitative estimate of drug-likeness (QED) is 0.537. The van der Waals surface area contributed by atoms with Gasteiger partial charge in [-0.15, -0.1) is 0 Å². The molecule has 0 spiro atoms. The van der Waals surface area contributed by atoms with Crippen molar-refractivity contribution < 1.29 is 6.16 Å². The van der Waals surface area contributed by atoms with Gasteiger partial charge in [0.05, 0.1) is 13.2 Å². The van der Waals surface area contributed by atoms with Crippen LogP contribution in [0.4, 0.5) is 0 Å². The molecule has 0 saturated carbocycles. The third-order valence-electron chi connectivity index (χ3n) is 0.846. The molecule has 0 aromatic heterocycles. The lowest BCUT2D eigenvalue weighted by Crippen LogP contribution is -2.30. The van der Waals surface area contributed by atoms with E-state index in [1.165, 1.54) is 6.42 Å². The summed E-state index contributed by atoms with van der Waals surface area (Å²) < 4.78 is 5.01. The maximum Gasteiger partial charge on any atom is 0.0591 e. The molecule has 2 heteroatoms. The molecule has 1 saturated heterocycles. The summed E-state index contributed by atoms with van der Waals surface area (Å²) in [6.45, 7) is 8.08. The molecule has 0 aliphatic carbocycles. The largest absolute Gasteiger partial charge is 0.379 e. The molecule has 58 valence electrons. The smallest absolute Gasteiger partial charge is 0.0591 e. The van der Waals surface area contributed by atoms with Crippen LogP contribution in [0.3, 0.4) is 0 Å². The van der Waals surface area contributed by atoms with Crippen LogP contribution in [0.25, 0.3) is 0 Å². The van der Waals surface area contributed by atoms with Crippen LogP contribution in [0.5, 0.6) is 0 Å². The highest BCUT2D eigenvalue weighted by Gasteiger charge is 1.92. The molecule has 0 amide bonds. The Kier molecular flexibility index (Phi) is 7.85. The van der Waals surface area contributed by atoms with Crippen molar-refractivity contribution in [1.82, 2.24) is 5.32 Å². The van der Waals surface area contributed by atoms with Gasteiger partial charge in [0.15, 0.2) is 0 Å². The van der Waals surface area contributed by atoms with E-state index >= 15 is 0 Å². The SMILES string of the molecule is C1COCCN1.CCC.[HH]. The van der Waals surface area contributed by atoms with E-state index < -0.39 is 0 Å². The molecular weight excluding hydrogens is 114 g/mol. The minimum absolute atomic E-state index is 0. The van der Waals surface area contributed by atoms with Gasteiger partial charge in [-0.3, -0.25) is 0 Å². The number of rotatable bonds is 0. The van der Waals surface area contributed by atoms with Gasteiger partial charge in [-0.05, 0) is 0 Å². The van der Waals surface area contributed by atoms with Crippen molar-refractivity contribution in [3.8, 4) is 0 Å². The Morgan fingerprint density at radius 3 is 1.89 bits per heavy atom. The molecule has 1 aliphatic rings. The van der Waals surface area contributed by atoms with E-state index in [4.69, 9.17) is 4.74 Å². The van der Waals surface area contributed by atoms with E-state index in [1.807, 2.05) is 0 Å². The van der Waals surface area contributed by atoms with Crippen molar-refractivity contribution in [1.29, 1.82) is 0 Å². The predicted molar refractivity (Wildman–Crippen MR) is 41.8 cm³/mol. The summed E-state index contributed by atoms with van der Waals surface area (Å²) >= 11 is 0. The zero-order valence-corrected chi connectivity index (χ0v) is 6.44. The molecule has 2 nitrogen and oxygen atoms in total. The fourth-order valence-electron chi connectivity index (χ4n) is 0.516. The summed E-state index contributed by atoms with van der Waals surface area (Å²) in [4.78, 5) is 0.